The van der Waals surface area contributed by atoms with Gasteiger partial charge in [0.2, 0.25) is 5.91 Å². The number of carbonyl (C=O) groups excluding carboxylic acids is 1. The number of nitrogens with one attached hydrogen (secondary N) is 2. The quantitative estimate of drug-likeness (QED) is 0.614. The Morgan fingerprint density at radius 2 is 1.77 bits per heavy atom. The highest BCUT2D eigenvalue weighted by molar-refractivity contribution is 5.85. The number of halogens is 2. The molecule has 1 aliphatic carbocycles. The molecule has 1 aromatic rings. The predicted molar refractivity (Wildman–Crippen MR) is 114 cm³/mol. The van der Waals surface area contributed by atoms with Gasteiger partial charge in [-0.2, -0.15) is 0 Å². The summed E-state index contributed by atoms with van der Waals surface area (Å²) in [6, 6.07) is 9.21. The number of nitrogens with zero attached hydrogens (tertiary/aromatic N) is 1. The molecule has 4 nitrogen and oxygen atoms in total. The molecule has 0 bridgehead atoms. The zero-order valence-corrected chi connectivity index (χ0v) is 17.8. The Balaban J connectivity index is 0.00000312. The fourth-order valence-corrected chi connectivity index (χ4v) is 3.51. The molecular formula is C20H35Cl2N3O. The Morgan fingerprint density at radius 1 is 1.12 bits per heavy atom. The van der Waals surface area contributed by atoms with Gasteiger partial charge in [0.05, 0.1) is 0 Å². The fraction of sp³-hybridized carbons (Fsp3) is 0.650. The van der Waals surface area contributed by atoms with Gasteiger partial charge in [0.25, 0.3) is 0 Å². The highest BCUT2D eigenvalue weighted by Gasteiger charge is 2.18. The summed E-state index contributed by atoms with van der Waals surface area (Å²) in [6.45, 7) is 2.49. The minimum absolute atomic E-state index is 0. The first kappa shape index (κ1) is 25.2. The van der Waals surface area contributed by atoms with Crippen molar-refractivity contribution in [3.63, 3.8) is 0 Å². The lowest BCUT2D eigenvalue weighted by molar-refractivity contribution is -0.121. The summed E-state index contributed by atoms with van der Waals surface area (Å²) in [6.07, 6.45) is 8.22. The molecule has 0 aromatic heterocycles. The van der Waals surface area contributed by atoms with Gasteiger partial charge in [0.1, 0.15) is 0 Å². The summed E-state index contributed by atoms with van der Waals surface area (Å²) in [5.41, 5.74) is 2.57. The maximum Gasteiger partial charge on any atom is 0.220 e. The van der Waals surface area contributed by atoms with E-state index in [0.29, 0.717) is 19.0 Å². The summed E-state index contributed by atoms with van der Waals surface area (Å²) < 4.78 is 0. The minimum Gasteiger partial charge on any atom is -0.352 e. The number of amides is 1. The van der Waals surface area contributed by atoms with Crippen molar-refractivity contribution in [2.45, 2.75) is 64.1 Å². The minimum atomic E-state index is 0. The number of benzene rings is 1. The normalized spacial score (nSPS) is 14.4. The van der Waals surface area contributed by atoms with Gasteiger partial charge in [0, 0.05) is 25.6 Å². The van der Waals surface area contributed by atoms with Crippen LogP contribution in [-0.4, -0.2) is 37.5 Å². The monoisotopic (exact) mass is 403 g/mol. The highest BCUT2D eigenvalue weighted by Crippen LogP contribution is 2.23. The molecule has 0 spiro atoms. The molecule has 1 aromatic carbocycles. The van der Waals surface area contributed by atoms with E-state index in [9.17, 15) is 4.79 Å². The first-order chi connectivity index (χ1) is 11.7. The topological polar surface area (TPSA) is 44.4 Å². The lowest BCUT2D eigenvalue weighted by Gasteiger charge is -2.31. The lowest BCUT2D eigenvalue weighted by Crippen LogP contribution is -2.33. The van der Waals surface area contributed by atoms with Crippen LogP contribution < -0.4 is 10.6 Å². The Kier molecular flexibility index (Phi) is 13.8. The average molecular weight is 404 g/mol. The smallest absolute Gasteiger partial charge is 0.220 e. The van der Waals surface area contributed by atoms with Gasteiger partial charge < -0.3 is 10.6 Å². The molecule has 1 saturated carbocycles. The maximum atomic E-state index is 11.9. The van der Waals surface area contributed by atoms with E-state index < -0.39 is 0 Å². The average Bonchev–Trinajstić information content (AvgIpc) is 2.62. The Bertz CT molecular complexity index is 508. The number of rotatable bonds is 9. The van der Waals surface area contributed by atoms with E-state index in [-0.39, 0.29) is 30.7 Å². The SMILES string of the molecule is CNCCCC(=O)NCc1ccccc1CN(C)C1CCCCC1.Cl.Cl. The van der Waals surface area contributed by atoms with Crippen molar-refractivity contribution >= 4 is 30.7 Å². The largest absolute Gasteiger partial charge is 0.352 e. The molecule has 2 N–H and O–H groups in total. The van der Waals surface area contributed by atoms with Crippen molar-refractivity contribution in [1.82, 2.24) is 15.5 Å². The third-order valence-electron chi connectivity index (χ3n) is 5.04. The van der Waals surface area contributed by atoms with Gasteiger partial charge in [-0.15, -0.1) is 24.8 Å². The molecule has 0 radical (unpaired) electrons. The standard InChI is InChI=1S/C20H33N3O.2ClH/c1-21-14-8-13-20(24)22-15-17-9-6-7-10-18(17)16-23(2)19-11-4-3-5-12-19;;/h6-7,9-10,19,21H,3-5,8,11-16H2,1-2H3,(H,22,24);2*1H. The number of hydrogen-bond acceptors (Lipinski definition) is 3. The maximum absolute atomic E-state index is 11.9. The van der Waals surface area contributed by atoms with Crippen molar-refractivity contribution in [3.05, 3.63) is 35.4 Å². The van der Waals surface area contributed by atoms with Crippen LogP contribution in [0.15, 0.2) is 24.3 Å². The molecule has 0 saturated heterocycles. The lowest BCUT2D eigenvalue weighted by atomic mass is 9.94. The van der Waals surface area contributed by atoms with Crippen LogP contribution in [0.3, 0.4) is 0 Å². The number of carbonyl (C=O) groups is 1. The van der Waals surface area contributed by atoms with E-state index in [1.165, 1.54) is 43.2 Å². The van der Waals surface area contributed by atoms with Crippen molar-refractivity contribution in [2.24, 2.45) is 0 Å². The van der Waals surface area contributed by atoms with Gasteiger partial charge >= 0.3 is 0 Å². The van der Waals surface area contributed by atoms with Crippen LogP contribution in [0.2, 0.25) is 0 Å². The van der Waals surface area contributed by atoms with E-state index >= 15 is 0 Å². The number of hydrogen-bond donors (Lipinski definition) is 2. The Labute approximate surface area is 171 Å². The van der Waals surface area contributed by atoms with Crippen LogP contribution >= 0.6 is 24.8 Å². The zero-order valence-electron chi connectivity index (χ0n) is 16.1. The second kappa shape index (κ2) is 14.3. The molecule has 6 heteroatoms. The van der Waals surface area contributed by atoms with Gasteiger partial charge in [-0.1, -0.05) is 43.5 Å². The van der Waals surface area contributed by atoms with Gasteiger partial charge in [-0.3, -0.25) is 9.69 Å². The van der Waals surface area contributed by atoms with Gasteiger partial charge in [-0.25, -0.2) is 0 Å². The van der Waals surface area contributed by atoms with Crippen LogP contribution in [0.1, 0.15) is 56.1 Å². The first-order valence-electron chi connectivity index (χ1n) is 9.39. The van der Waals surface area contributed by atoms with Crippen molar-refractivity contribution < 1.29 is 4.79 Å². The Hall–Kier alpha value is -0.810. The van der Waals surface area contributed by atoms with Crippen LogP contribution in [0.25, 0.3) is 0 Å². The molecule has 0 atom stereocenters. The van der Waals surface area contributed by atoms with Gasteiger partial charge in [-0.05, 0) is 51.0 Å². The molecule has 0 unspecified atom stereocenters. The second-order valence-electron chi connectivity index (χ2n) is 6.96. The van der Waals surface area contributed by atoms with Crippen molar-refractivity contribution in [2.75, 3.05) is 20.6 Å². The first-order valence-corrected chi connectivity index (χ1v) is 9.39. The summed E-state index contributed by atoms with van der Waals surface area (Å²) in [5, 5.41) is 6.14. The predicted octanol–water partition coefficient (Wildman–Crippen LogP) is 3.91. The van der Waals surface area contributed by atoms with Crippen LogP contribution in [0, 0.1) is 0 Å². The van der Waals surface area contributed by atoms with Crippen LogP contribution in [0.4, 0.5) is 0 Å². The molecule has 26 heavy (non-hydrogen) atoms. The molecule has 0 heterocycles. The summed E-state index contributed by atoms with van der Waals surface area (Å²) >= 11 is 0. The highest BCUT2D eigenvalue weighted by atomic mass is 35.5. The zero-order chi connectivity index (χ0) is 17.2. The Morgan fingerprint density at radius 3 is 2.42 bits per heavy atom. The molecule has 150 valence electrons. The van der Waals surface area contributed by atoms with Crippen LogP contribution in [0.5, 0.6) is 0 Å². The molecule has 0 aliphatic heterocycles. The summed E-state index contributed by atoms with van der Waals surface area (Å²) in [7, 11) is 4.15. The third-order valence-corrected chi connectivity index (χ3v) is 5.04. The van der Waals surface area contributed by atoms with Crippen molar-refractivity contribution in [1.29, 1.82) is 0 Å². The third kappa shape index (κ3) is 8.72. The van der Waals surface area contributed by atoms with E-state index in [0.717, 1.165) is 19.5 Å². The summed E-state index contributed by atoms with van der Waals surface area (Å²) in [4.78, 5) is 14.4. The fourth-order valence-electron chi connectivity index (χ4n) is 3.51. The molecule has 1 aliphatic rings. The van der Waals surface area contributed by atoms with E-state index in [4.69, 9.17) is 0 Å². The summed E-state index contributed by atoms with van der Waals surface area (Å²) in [5.74, 6) is 0.140. The molecular weight excluding hydrogens is 369 g/mol. The molecule has 1 amide bonds. The van der Waals surface area contributed by atoms with E-state index in [1.807, 2.05) is 7.05 Å². The van der Waals surface area contributed by atoms with Crippen molar-refractivity contribution in [3.8, 4) is 0 Å². The van der Waals surface area contributed by atoms with E-state index in [1.54, 1.807) is 0 Å². The van der Waals surface area contributed by atoms with Crippen LogP contribution in [-0.2, 0) is 17.9 Å². The van der Waals surface area contributed by atoms with E-state index in [2.05, 4.69) is 46.8 Å². The van der Waals surface area contributed by atoms with Gasteiger partial charge in [0.15, 0.2) is 0 Å². The molecule has 1 fully saturated rings. The second-order valence-corrected chi connectivity index (χ2v) is 6.96. The molecule has 2 rings (SSSR count).